The van der Waals surface area contributed by atoms with Gasteiger partial charge >= 0.3 is 6.09 Å². The van der Waals surface area contributed by atoms with Gasteiger partial charge in [0.1, 0.15) is 5.60 Å². The van der Waals surface area contributed by atoms with Crippen molar-refractivity contribution >= 4 is 23.1 Å². The maximum absolute atomic E-state index is 12.5. The Balaban J connectivity index is 1.42. The summed E-state index contributed by atoms with van der Waals surface area (Å²) in [6.07, 6.45) is 5.72. The third-order valence-corrected chi connectivity index (χ3v) is 6.57. The molecule has 124 valence electrons. The molecule has 1 spiro atoms. The van der Waals surface area contributed by atoms with Crippen LogP contribution in [-0.2, 0) is 4.74 Å². The van der Waals surface area contributed by atoms with Crippen LogP contribution in [-0.4, -0.2) is 47.8 Å². The number of rotatable bonds is 2. The molecule has 24 heavy (non-hydrogen) atoms. The van der Waals surface area contributed by atoms with E-state index in [0.717, 1.165) is 48.6 Å². The number of fused-ring (bicyclic) bond motifs is 2. The van der Waals surface area contributed by atoms with Crippen molar-refractivity contribution in [2.24, 2.45) is 5.92 Å². The van der Waals surface area contributed by atoms with E-state index in [1.165, 1.54) is 0 Å². The molecule has 6 rings (SSSR count). The first-order valence-corrected chi connectivity index (χ1v) is 9.33. The molecule has 1 atom stereocenters. The second-order valence-corrected chi connectivity index (χ2v) is 7.89. The summed E-state index contributed by atoms with van der Waals surface area (Å²) in [5, 5.41) is 2.05. The van der Waals surface area contributed by atoms with Crippen LogP contribution in [0.25, 0.3) is 10.4 Å². The maximum Gasteiger partial charge on any atom is 0.415 e. The fourth-order valence-corrected chi connectivity index (χ4v) is 5.23. The molecular formula is C18H19N3O2S. The minimum atomic E-state index is -0.302. The molecule has 2 aromatic rings. The highest BCUT2D eigenvalue weighted by atomic mass is 32.1. The van der Waals surface area contributed by atoms with Gasteiger partial charge in [-0.2, -0.15) is 0 Å². The molecule has 6 heteroatoms. The van der Waals surface area contributed by atoms with E-state index >= 15 is 0 Å². The number of ether oxygens (including phenoxy) is 1. The van der Waals surface area contributed by atoms with Crippen LogP contribution in [0.3, 0.4) is 0 Å². The molecular weight excluding hydrogens is 322 g/mol. The lowest BCUT2D eigenvalue weighted by Gasteiger charge is -2.49. The Labute approximate surface area is 144 Å². The summed E-state index contributed by atoms with van der Waals surface area (Å²) < 4.78 is 5.94. The SMILES string of the molecule is O=C1O[C@]2(CN3CCC2CC3)CN1c1csc(-c2cccnc2)c1. The monoisotopic (exact) mass is 341 g/mol. The van der Waals surface area contributed by atoms with Crippen molar-refractivity contribution < 1.29 is 9.53 Å². The first kappa shape index (κ1) is 14.4. The van der Waals surface area contributed by atoms with Crippen LogP contribution in [0.2, 0.25) is 0 Å². The quantitative estimate of drug-likeness (QED) is 0.841. The molecule has 0 unspecified atom stereocenters. The second kappa shape index (κ2) is 5.29. The van der Waals surface area contributed by atoms with E-state index in [1.54, 1.807) is 17.5 Å². The molecule has 2 aromatic heterocycles. The highest BCUT2D eigenvalue weighted by Gasteiger charge is 2.55. The summed E-state index contributed by atoms with van der Waals surface area (Å²) in [5.41, 5.74) is 1.72. The number of hydrogen-bond acceptors (Lipinski definition) is 5. The summed E-state index contributed by atoms with van der Waals surface area (Å²) >= 11 is 1.64. The molecule has 0 aromatic carbocycles. The number of nitrogens with zero attached hydrogens (tertiary/aromatic N) is 3. The predicted octanol–water partition coefficient (Wildman–Crippen LogP) is 3.23. The van der Waals surface area contributed by atoms with Gasteiger partial charge in [-0.15, -0.1) is 11.3 Å². The lowest BCUT2D eigenvalue weighted by Crippen LogP contribution is -2.61. The van der Waals surface area contributed by atoms with E-state index in [-0.39, 0.29) is 11.7 Å². The molecule has 4 aliphatic rings. The van der Waals surface area contributed by atoms with Crippen LogP contribution in [0.15, 0.2) is 36.0 Å². The van der Waals surface area contributed by atoms with Crippen molar-refractivity contribution in [2.45, 2.75) is 18.4 Å². The molecule has 1 amide bonds. The summed E-state index contributed by atoms with van der Waals surface area (Å²) in [6, 6.07) is 6.05. The van der Waals surface area contributed by atoms with Gasteiger partial charge in [-0.3, -0.25) is 14.8 Å². The zero-order valence-corrected chi connectivity index (χ0v) is 14.2. The van der Waals surface area contributed by atoms with Gasteiger partial charge in [-0.1, -0.05) is 6.07 Å². The van der Waals surface area contributed by atoms with Crippen LogP contribution < -0.4 is 4.90 Å². The molecule has 0 N–H and O–H groups in total. The first-order valence-electron chi connectivity index (χ1n) is 8.45. The summed E-state index contributed by atoms with van der Waals surface area (Å²) in [6.45, 7) is 3.86. The number of carbonyl (C=O) groups excluding carboxylic acids is 1. The zero-order valence-electron chi connectivity index (χ0n) is 13.4. The molecule has 0 saturated carbocycles. The largest absolute Gasteiger partial charge is 0.439 e. The standard InChI is InChI=1S/C18H19N3O2S/c22-17-21(12-18(23-17)11-20-6-3-14(18)4-7-20)15-8-16(24-10-15)13-2-1-5-19-9-13/h1-2,5,8-10,14H,3-4,6-7,11-12H2/t18-/m1/s1. The van der Waals surface area contributed by atoms with Gasteiger partial charge < -0.3 is 4.74 Å². The van der Waals surface area contributed by atoms with Crippen LogP contribution in [0, 0.1) is 5.92 Å². The van der Waals surface area contributed by atoms with Gasteiger partial charge in [0.2, 0.25) is 0 Å². The number of hydrogen-bond donors (Lipinski definition) is 0. The average Bonchev–Trinajstić information content (AvgIpc) is 3.22. The van der Waals surface area contributed by atoms with Crippen LogP contribution in [0.4, 0.5) is 10.5 Å². The Hall–Kier alpha value is -1.92. The van der Waals surface area contributed by atoms with Gasteiger partial charge in [0.15, 0.2) is 0 Å². The van der Waals surface area contributed by atoms with Crippen LogP contribution in [0.1, 0.15) is 12.8 Å². The number of piperidine rings is 3. The minimum Gasteiger partial charge on any atom is -0.439 e. The summed E-state index contributed by atoms with van der Waals surface area (Å²) in [5.74, 6) is 0.507. The third kappa shape index (κ3) is 2.17. The van der Waals surface area contributed by atoms with Gasteiger partial charge in [0.25, 0.3) is 0 Å². The fraction of sp³-hybridized carbons (Fsp3) is 0.444. The van der Waals surface area contributed by atoms with Crippen molar-refractivity contribution in [2.75, 3.05) is 31.1 Å². The number of carbonyl (C=O) groups is 1. The van der Waals surface area contributed by atoms with Crippen molar-refractivity contribution in [3.63, 3.8) is 0 Å². The van der Waals surface area contributed by atoms with E-state index in [1.807, 2.05) is 28.6 Å². The molecule has 6 heterocycles. The van der Waals surface area contributed by atoms with E-state index in [4.69, 9.17) is 4.74 Å². The number of anilines is 1. The average molecular weight is 341 g/mol. The van der Waals surface area contributed by atoms with Gasteiger partial charge in [0.05, 0.1) is 12.2 Å². The highest BCUT2D eigenvalue weighted by molar-refractivity contribution is 7.14. The normalized spacial score (nSPS) is 31.7. The van der Waals surface area contributed by atoms with Crippen LogP contribution in [0.5, 0.6) is 0 Å². The lowest BCUT2D eigenvalue weighted by molar-refractivity contribution is -0.0881. The lowest BCUT2D eigenvalue weighted by atomic mass is 9.75. The third-order valence-electron chi connectivity index (χ3n) is 5.60. The highest BCUT2D eigenvalue weighted by Crippen LogP contribution is 2.44. The smallest absolute Gasteiger partial charge is 0.415 e. The molecule has 0 aliphatic carbocycles. The predicted molar refractivity (Wildman–Crippen MR) is 93.3 cm³/mol. The van der Waals surface area contributed by atoms with Gasteiger partial charge in [-0.05, 0) is 38.1 Å². The van der Waals surface area contributed by atoms with Crippen molar-refractivity contribution in [3.05, 3.63) is 36.0 Å². The molecule has 4 aliphatic heterocycles. The molecule has 0 radical (unpaired) electrons. The molecule has 4 saturated heterocycles. The molecule has 2 bridgehead atoms. The number of thiophene rings is 1. The molecule has 4 fully saturated rings. The van der Waals surface area contributed by atoms with Gasteiger partial charge in [-0.25, -0.2) is 4.79 Å². The Kier molecular flexibility index (Phi) is 3.18. The molecule has 5 nitrogen and oxygen atoms in total. The maximum atomic E-state index is 12.5. The van der Waals surface area contributed by atoms with E-state index in [0.29, 0.717) is 12.5 Å². The summed E-state index contributed by atoms with van der Waals surface area (Å²) in [7, 11) is 0. The topological polar surface area (TPSA) is 45.7 Å². The Morgan fingerprint density at radius 3 is 2.88 bits per heavy atom. The zero-order chi connectivity index (χ0) is 16.1. The van der Waals surface area contributed by atoms with E-state index in [9.17, 15) is 4.79 Å². The fourth-order valence-electron chi connectivity index (χ4n) is 4.34. The minimum absolute atomic E-state index is 0.195. The number of aromatic nitrogens is 1. The van der Waals surface area contributed by atoms with E-state index in [2.05, 4.69) is 16.0 Å². The van der Waals surface area contributed by atoms with Crippen molar-refractivity contribution in [1.29, 1.82) is 0 Å². The van der Waals surface area contributed by atoms with Crippen molar-refractivity contribution in [3.8, 4) is 10.4 Å². The first-order chi connectivity index (χ1) is 11.7. The Morgan fingerprint density at radius 1 is 1.29 bits per heavy atom. The van der Waals surface area contributed by atoms with Crippen molar-refractivity contribution in [1.82, 2.24) is 9.88 Å². The Morgan fingerprint density at radius 2 is 2.17 bits per heavy atom. The van der Waals surface area contributed by atoms with Crippen LogP contribution >= 0.6 is 11.3 Å². The van der Waals surface area contributed by atoms with Gasteiger partial charge in [0, 0.05) is 40.7 Å². The summed E-state index contributed by atoms with van der Waals surface area (Å²) in [4.78, 5) is 22.1. The number of pyridine rings is 1. The van der Waals surface area contributed by atoms with E-state index < -0.39 is 0 Å². The second-order valence-electron chi connectivity index (χ2n) is 6.98. The Bertz CT molecular complexity index is 770. The number of amides is 1.